The number of aryl methyl sites for hydroxylation is 1. The molecule has 2 rings (SSSR count). The van der Waals surface area contributed by atoms with Crippen LogP contribution in [0.3, 0.4) is 0 Å². The summed E-state index contributed by atoms with van der Waals surface area (Å²) in [7, 11) is 0. The van der Waals surface area contributed by atoms with E-state index in [4.69, 9.17) is 0 Å². The van der Waals surface area contributed by atoms with Gasteiger partial charge in [-0.1, -0.05) is 43.3 Å². The van der Waals surface area contributed by atoms with Gasteiger partial charge in [-0.15, -0.1) is 0 Å². The van der Waals surface area contributed by atoms with E-state index in [0.717, 1.165) is 23.4 Å². The molecule has 0 saturated heterocycles. The normalized spacial score (nSPS) is 11.7. The van der Waals surface area contributed by atoms with Crippen molar-refractivity contribution in [2.45, 2.75) is 26.3 Å². The second-order valence-electron chi connectivity index (χ2n) is 4.73. The predicted molar refractivity (Wildman–Crippen MR) is 84.0 cm³/mol. The first-order valence-electron chi connectivity index (χ1n) is 6.91. The van der Waals surface area contributed by atoms with E-state index in [9.17, 15) is 4.79 Å². The van der Waals surface area contributed by atoms with Crippen LogP contribution < -0.4 is 10.6 Å². The van der Waals surface area contributed by atoms with E-state index in [1.165, 1.54) is 0 Å². The average molecular weight is 268 g/mol. The highest BCUT2D eigenvalue weighted by molar-refractivity contribution is 5.96. The zero-order valence-electron chi connectivity index (χ0n) is 11.9. The third-order valence-electron chi connectivity index (χ3n) is 3.21. The number of anilines is 2. The predicted octanol–water partition coefficient (Wildman–Crippen LogP) is 3.69. The van der Waals surface area contributed by atoms with Gasteiger partial charge in [-0.05, 0) is 37.1 Å². The molecular formula is C17H20N2O. The highest BCUT2D eigenvalue weighted by Crippen LogP contribution is 2.16. The Labute approximate surface area is 120 Å². The van der Waals surface area contributed by atoms with Crippen molar-refractivity contribution in [1.29, 1.82) is 0 Å². The minimum absolute atomic E-state index is 0.0326. The highest BCUT2D eigenvalue weighted by Gasteiger charge is 2.13. The molecule has 0 spiro atoms. The highest BCUT2D eigenvalue weighted by atomic mass is 16.2. The second-order valence-corrected chi connectivity index (χ2v) is 4.73. The zero-order chi connectivity index (χ0) is 14.4. The molecule has 20 heavy (non-hydrogen) atoms. The third kappa shape index (κ3) is 3.60. The summed E-state index contributed by atoms with van der Waals surface area (Å²) >= 11 is 0. The van der Waals surface area contributed by atoms with Crippen molar-refractivity contribution in [3.63, 3.8) is 0 Å². The van der Waals surface area contributed by atoms with Crippen LogP contribution in [0.2, 0.25) is 0 Å². The molecule has 1 amide bonds. The molecule has 2 aromatic rings. The first kappa shape index (κ1) is 14.1. The summed E-state index contributed by atoms with van der Waals surface area (Å²) in [6.45, 7) is 3.94. The number of carbonyl (C=O) groups is 1. The van der Waals surface area contributed by atoms with Gasteiger partial charge in [0.15, 0.2) is 0 Å². The lowest BCUT2D eigenvalue weighted by molar-refractivity contribution is -0.116. The minimum atomic E-state index is -0.290. The summed E-state index contributed by atoms with van der Waals surface area (Å²) < 4.78 is 0. The molecule has 0 aliphatic heterocycles. The van der Waals surface area contributed by atoms with E-state index in [2.05, 4.69) is 17.6 Å². The quantitative estimate of drug-likeness (QED) is 0.868. The van der Waals surface area contributed by atoms with Crippen LogP contribution >= 0.6 is 0 Å². The molecule has 0 saturated carbocycles. The zero-order valence-corrected chi connectivity index (χ0v) is 11.9. The van der Waals surface area contributed by atoms with Gasteiger partial charge in [0.2, 0.25) is 5.91 Å². The van der Waals surface area contributed by atoms with E-state index in [1.807, 2.05) is 61.5 Å². The van der Waals surface area contributed by atoms with Crippen LogP contribution in [0.1, 0.15) is 19.4 Å². The fourth-order valence-electron chi connectivity index (χ4n) is 2.04. The summed E-state index contributed by atoms with van der Waals surface area (Å²) in [5.74, 6) is -0.0326. The first-order valence-corrected chi connectivity index (χ1v) is 6.91. The molecule has 0 aliphatic rings. The standard InChI is InChI=1S/C17H20N2O/c1-3-14-9-7-8-12-16(14)19-17(20)13(2)18-15-10-5-4-6-11-15/h4-13,18H,3H2,1-2H3,(H,19,20). The van der Waals surface area contributed by atoms with Crippen LogP contribution in [0.5, 0.6) is 0 Å². The van der Waals surface area contributed by atoms with Crippen molar-refractivity contribution in [2.75, 3.05) is 10.6 Å². The molecule has 3 heteroatoms. The molecule has 0 aromatic heterocycles. The molecule has 0 radical (unpaired) electrons. The lowest BCUT2D eigenvalue weighted by Crippen LogP contribution is -2.32. The number of nitrogens with one attached hydrogen (secondary N) is 2. The van der Waals surface area contributed by atoms with Crippen molar-refractivity contribution in [3.05, 3.63) is 60.2 Å². The summed E-state index contributed by atoms with van der Waals surface area (Å²) in [5.41, 5.74) is 2.98. The smallest absolute Gasteiger partial charge is 0.246 e. The van der Waals surface area contributed by atoms with Crippen LogP contribution in [0.4, 0.5) is 11.4 Å². The van der Waals surface area contributed by atoms with Gasteiger partial charge >= 0.3 is 0 Å². The van der Waals surface area contributed by atoms with E-state index >= 15 is 0 Å². The summed E-state index contributed by atoms with van der Waals surface area (Å²) in [5, 5.41) is 6.17. The Morgan fingerprint density at radius 2 is 1.70 bits per heavy atom. The molecule has 104 valence electrons. The number of para-hydroxylation sites is 2. The number of carbonyl (C=O) groups excluding carboxylic acids is 1. The van der Waals surface area contributed by atoms with Crippen molar-refractivity contribution < 1.29 is 4.79 Å². The van der Waals surface area contributed by atoms with Crippen molar-refractivity contribution in [2.24, 2.45) is 0 Å². The van der Waals surface area contributed by atoms with Crippen molar-refractivity contribution in [3.8, 4) is 0 Å². The monoisotopic (exact) mass is 268 g/mol. The average Bonchev–Trinajstić information content (AvgIpc) is 2.48. The Bertz CT molecular complexity index is 566. The molecule has 3 nitrogen and oxygen atoms in total. The van der Waals surface area contributed by atoms with Gasteiger partial charge in [0.1, 0.15) is 6.04 Å². The number of hydrogen-bond donors (Lipinski definition) is 2. The molecule has 2 N–H and O–H groups in total. The summed E-state index contributed by atoms with van der Waals surface area (Å²) in [6, 6.07) is 17.3. The van der Waals surface area contributed by atoms with Crippen molar-refractivity contribution in [1.82, 2.24) is 0 Å². The van der Waals surface area contributed by atoms with Crippen LogP contribution in [-0.2, 0) is 11.2 Å². The number of amides is 1. The fourth-order valence-corrected chi connectivity index (χ4v) is 2.04. The Morgan fingerprint density at radius 1 is 1.05 bits per heavy atom. The molecule has 0 bridgehead atoms. The van der Waals surface area contributed by atoms with E-state index in [1.54, 1.807) is 0 Å². The Kier molecular flexibility index (Phi) is 4.77. The molecular weight excluding hydrogens is 248 g/mol. The molecule has 2 aromatic carbocycles. The number of rotatable bonds is 5. The van der Waals surface area contributed by atoms with E-state index in [0.29, 0.717) is 0 Å². The van der Waals surface area contributed by atoms with Gasteiger partial charge in [-0.3, -0.25) is 4.79 Å². The molecule has 0 fully saturated rings. The van der Waals surface area contributed by atoms with E-state index in [-0.39, 0.29) is 11.9 Å². The summed E-state index contributed by atoms with van der Waals surface area (Å²) in [6.07, 6.45) is 0.900. The topological polar surface area (TPSA) is 41.1 Å². The molecule has 0 aliphatic carbocycles. The van der Waals surface area contributed by atoms with Gasteiger partial charge < -0.3 is 10.6 Å². The summed E-state index contributed by atoms with van der Waals surface area (Å²) in [4.78, 5) is 12.2. The largest absolute Gasteiger partial charge is 0.374 e. The Morgan fingerprint density at radius 3 is 2.40 bits per heavy atom. The Balaban J connectivity index is 2.01. The van der Waals surface area contributed by atoms with Gasteiger partial charge in [0, 0.05) is 11.4 Å². The second kappa shape index (κ2) is 6.75. The maximum atomic E-state index is 12.2. The lowest BCUT2D eigenvalue weighted by Gasteiger charge is -2.16. The first-order chi connectivity index (χ1) is 9.70. The van der Waals surface area contributed by atoms with Crippen LogP contribution in [0.25, 0.3) is 0 Å². The van der Waals surface area contributed by atoms with Gasteiger partial charge in [0.25, 0.3) is 0 Å². The molecule has 1 atom stereocenters. The fraction of sp³-hybridized carbons (Fsp3) is 0.235. The van der Waals surface area contributed by atoms with Gasteiger partial charge in [-0.2, -0.15) is 0 Å². The van der Waals surface area contributed by atoms with E-state index < -0.39 is 0 Å². The molecule has 0 heterocycles. The van der Waals surface area contributed by atoms with Gasteiger partial charge in [0.05, 0.1) is 0 Å². The number of hydrogen-bond acceptors (Lipinski definition) is 2. The van der Waals surface area contributed by atoms with Crippen LogP contribution in [0.15, 0.2) is 54.6 Å². The SMILES string of the molecule is CCc1ccccc1NC(=O)C(C)Nc1ccccc1. The number of benzene rings is 2. The third-order valence-corrected chi connectivity index (χ3v) is 3.21. The maximum absolute atomic E-state index is 12.2. The van der Waals surface area contributed by atoms with Crippen molar-refractivity contribution >= 4 is 17.3 Å². The molecule has 1 unspecified atom stereocenters. The Hall–Kier alpha value is -2.29. The minimum Gasteiger partial charge on any atom is -0.374 e. The lowest BCUT2D eigenvalue weighted by atomic mass is 10.1. The van der Waals surface area contributed by atoms with Crippen LogP contribution in [-0.4, -0.2) is 11.9 Å². The maximum Gasteiger partial charge on any atom is 0.246 e. The van der Waals surface area contributed by atoms with Gasteiger partial charge in [-0.25, -0.2) is 0 Å². The van der Waals surface area contributed by atoms with Crippen LogP contribution in [0, 0.1) is 0 Å².